The third-order valence-corrected chi connectivity index (χ3v) is 4.25. The minimum atomic E-state index is 0.353. The molecule has 1 aromatic rings. The van der Waals surface area contributed by atoms with Crippen LogP contribution in [-0.2, 0) is 11.3 Å². The molecule has 0 amide bonds. The number of pyridine rings is 1. The molecule has 3 heteroatoms. The van der Waals surface area contributed by atoms with Crippen molar-refractivity contribution < 1.29 is 4.74 Å². The summed E-state index contributed by atoms with van der Waals surface area (Å²) < 4.78 is 6.27. The number of hydrogen-bond donors (Lipinski definition) is 0. The van der Waals surface area contributed by atoms with Gasteiger partial charge in [0.1, 0.15) is 0 Å². The van der Waals surface area contributed by atoms with Crippen molar-refractivity contribution in [3.05, 3.63) is 29.6 Å². The number of rotatable bonds is 6. The Morgan fingerprint density at radius 3 is 2.76 bits per heavy atom. The lowest BCUT2D eigenvalue weighted by Crippen LogP contribution is -2.49. The average molecular weight is 290 g/mol. The third kappa shape index (κ3) is 5.08. The van der Waals surface area contributed by atoms with Crippen molar-refractivity contribution in [2.45, 2.75) is 65.7 Å². The van der Waals surface area contributed by atoms with Crippen molar-refractivity contribution in [3.63, 3.8) is 0 Å². The number of nitrogens with zero attached hydrogens (tertiary/aromatic N) is 2. The van der Waals surface area contributed by atoms with Crippen LogP contribution in [0.1, 0.15) is 51.3 Å². The van der Waals surface area contributed by atoms with Crippen LogP contribution in [0.15, 0.2) is 18.3 Å². The predicted molar refractivity (Wildman–Crippen MR) is 87.3 cm³/mol. The predicted octanol–water partition coefficient (Wildman–Crippen LogP) is 3.81. The van der Waals surface area contributed by atoms with E-state index in [1.807, 2.05) is 6.20 Å². The van der Waals surface area contributed by atoms with E-state index in [0.717, 1.165) is 19.6 Å². The summed E-state index contributed by atoms with van der Waals surface area (Å²) in [5.74, 6) is 0.572. The van der Waals surface area contributed by atoms with Crippen molar-refractivity contribution in [3.8, 4) is 0 Å². The first kappa shape index (κ1) is 16.4. The molecular weight excluding hydrogens is 260 g/mol. The summed E-state index contributed by atoms with van der Waals surface area (Å²) in [6.45, 7) is 11.9. The van der Waals surface area contributed by atoms with Gasteiger partial charge in [0.2, 0.25) is 0 Å². The Labute approximate surface area is 129 Å². The average Bonchev–Trinajstić information content (AvgIpc) is 2.47. The fraction of sp³-hybridized carbons (Fsp3) is 0.722. The molecule has 1 saturated heterocycles. The van der Waals surface area contributed by atoms with Crippen molar-refractivity contribution in [2.24, 2.45) is 5.92 Å². The first-order valence-electron chi connectivity index (χ1n) is 8.37. The lowest BCUT2D eigenvalue weighted by Gasteiger charge is -2.39. The third-order valence-electron chi connectivity index (χ3n) is 4.25. The van der Waals surface area contributed by atoms with Crippen molar-refractivity contribution in [2.75, 3.05) is 13.1 Å². The summed E-state index contributed by atoms with van der Waals surface area (Å²) >= 11 is 0. The van der Waals surface area contributed by atoms with Gasteiger partial charge in [-0.3, -0.25) is 9.88 Å². The van der Waals surface area contributed by atoms with Gasteiger partial charge in [-0.25, -0.2) is 0 Å². The van der Waals surface area contributed by atoms with Gasteiger partial charge in [-0.1, -0.05) is 39.7 Å². The highest BCUT2D eigenvalue weighted by atomic mass is 16.5. The van der Waals surface area contributed by atoms with E-state index in [-0.39, 0.29) is 0 Å². The monoisotopic (exact) mass is 290 g/mol. The van der Waals surface area contributed by atoms with Crippen LogP contribution in [0.4, 0.5) is 0 Å². The maximum absolute atomic E-state index is 6.27. The second kappa shape index (κ2) is 7.90. The van der Waals surface area contributed by atoms with Gasteiger partial charge in [0.15, 0.2) is 0 Å². The SMILES string of the molecule is CCCC[C@@H]1CN(Cc2ccc(C)cn2)C[C@H](C(C)C)O1. The second-order valence-corrected chi connectivity index (χ2v) is 6.70. The van der Waals surface area contributed by atoms with Crippen LogP contribution in [0.3, 0.4) is 0 Å². The molecule has 0 aliphatic carbocycles. The molecule has 0 spiro atoms. The van der Waals surface area contributed by atoms with Crippen LogP contribution in [0, 0.1) is 12.8 Å². The summed E-state index contributed by atoms with van der Waals surface area (Å²) in [4.78, 5) is 7.07. The number of hydrogen-bond acceptors (Lipinski definition) is 3. The van der Waals surface area contributed by atoms with Crippen LogP contribution in [0.5, 0.6) is 0 Å². The van der Waals surface area contributed by atoms with Gasteiger partial charge in [-0.2, -0.15) is 0 Å². The van der Waals surface area contributed by atoms with Crippen LogP contribution in [-0.4, -0.2) is 35.2 Å². The van der Waals surface area contributed by atoms with Crippen molar-refractivity contribution in [1.29, 1.82) is 0 Å². The van der Waals surface area contributed by atoms with E-state index in [1.54, 1.807) is 0 Å². The van der Waals surface area contributed by atoms with E-state index < -0.39 is 0 Å². The highest BCUT2D eigenvalue weighted by molar-refractivity contribution is 5.12. The molecule has 1 aliphatic heterocycles. The normalized spacial score (nSPS) is 23.7. The number of aromatic nitrogens is 1. The Hall–Kier alpha value is -0.930. The zero-order valence-corrected chi connectivity index (χ0v) is 14.0. The lowest BCUT2D eigenvalue weighted by molar-refractivity contribution is -0.108. The quantitative estimate of drug-likeness (QED) is 0.796. The van der Waals surface area contributed by atoms with Crippen molar-refractivity contribution in [1.82, 2.24) is 9.88 Å². The summed E-state index contributed by atoms with van der Waals surface area (Å²) in [5, 5.41) is 0. The molecular formula is C18H30N2O. The molecule has 0 aromatic carbocycles. The Morgan fingerprint density at radius 1 is 1.33 bits per heavy atom. The van der Waals surface area contributed by atoms with Gasteiger partial charge in [-0.15, -0.1) is 0 Å². The standard InChI is InChI=1S/C18H30N2O/c1-5-6-7-17-12-20(13-18(21-17)14(2)3)11-16-9-8-15(4)10-19-16/h8-10,14,17-18H,5-7,11-13H2,1-4H3/t17-,18-/m1/s1. The van der Waals surface area contributed by atoms with Gasteiger partial charge in [0.25, 0.3) is 0 Å². The Balaban J connectivity index is 1.97. The molecule has 0 radical (unpaired) electrons. The molecule has 0 N–H and O–H groups in total. The van der Waals surface area contributed by atoms with Gasteiger partial charge >= 0.3 is 0 Å². The Morgan fingerprint density at radius 2 is 2.14 bits per heavy atom. The minimum Gasteiger partial charge on any atom is -0.372 e. The maximum Gasteiger partial charge on any atom is 0.0729 e. The van der Waals surface area contributed by atoms with Crippen LogP contribution in [0.2, 0.25) is 0 Å². The number of unbranched alkanes of at least 4 members (excludes halogenated alkanes) is 1. The smallest absolute Gasteiger partial charge is 0.0729 e. The Kier molecular flexibility index (Phi) is 6.19. The largest absolute Gasteiger partial charge is 0.372 e. The highest BCUT2D eigenvalue weighted by Gasteiger charge is 2.29. The molecule has 0 bridgehead atoms. The number of morpholine rings is 1. The van der Waals surface area contributed by atoms with E-state index in [1.165, 1.54) is 30.5 Å². The zero-order valence-electron chi connectivity index (χ0n) is 14.0. The summed E-state index contributed by atoms with van der Waals surface area (Å²) in [5.41, 5.74) is 2.39. The van der Waals surface area contributed by atoms with Gasteiger partial charge < -0.3 is 4.74 Å². The lowest BCUT2D eigenvalue weighted by atomic mass is 10.0. The molecule has 1 aromatic heterocycles. The van der Waals surface area contributed by atoms with Gasteiger partial charge in [0, 0.05) is 25.8 Å². The minimum absolute atomic E-state index is 0.353. The van der Waals surface area contributed by atoms with E-state index in [4.69, 9.17) is 4.74 Å². The second-order valence-electron chi connectivity index (χ2n) is 6.70. The molecule has 2 heterocycles. The summed E-state index contributed by atoms with van der Waals surface area (Å²) in [6, 6.07) is 4.30. The topological polar surface area (TPSA) is 25.4 Å². The van der Waals surface area contributed by atoms with E-state index in [0.29, 0.717) is 18.1 Å². The van der Waals surface area contributed by atoms with Crippen LogP contribution < -0.4 is 0 Å². The Bertz CT molecular complexity index is 416. The van der Waals surface area contributed by atoms with Gasteiger partial charge in [0.05, 0.1) is 17.9 Å². The molecule has 0 saturated carbocycles. The van der Waals surface area contributed by atoms with Crippen LogP contribution >= 0.6 is 0 Å². The molecule has 3 nitrogen and oxygen atoms in total. The van der Waals surface area contributed by atoms with E-state index in [9.17, 15) is 0 Å². The number of ether oxygens (including phenoxy) is 1. The van der Waals surface area contributed by atoms with E-state index >= 15 is 0 Å². The molecule has 118 valence electrons. The van der Waals surface area contributed by atoms with E-state index in [2.05, 4.69) is 49.7 Å². The fourth-order valence-electron chi connectivity index (χ4n) is 2.86. The fourth-order valence-corrected chi connectivity index (χ4v) is 2.86. The van der Waals surface area contributed by atoms with Gasteiger partial charge in [-0.05, 0) is 30.9 Å². The first-order chi connectivity index (χ1) is 10.1. The molecule has 0 unspecified atom stereocenters. The number of aryl methyl sites for hydroxylation is 1. The van der Waals surface area contributed by atoms with Crippen LogP contribution in [0.25, 0.3) is 0 Å². The molecule has 2 atom stereocenters. The molecule has 2 rings (SSSR count). The summed E-state index contributed by atoms with van der Waals surface area (Å²) in [7, 11) is 0. The first-order valence-corrected chi connectivity index (χ1v) is 8.37. The molecule has 1 fully saturated rings. The molecule has 1 aliphatic rings. The maximum atomic E-state index is 6.27. The zero-order chi connectivity index (χ0) is 15.2. The highest BCUT2D eigenvalue weighted by Crippen LogP contribution is 2.22. The van der Waals surface area contributed by atoms with Crippen molar-refractivity contribution >= 4 is 0 Å². The summed E-state index contributed by atoms with van der Waals surface area (Å²) in [6.07, 6.45) is 6.38. The molecule has 21 heavy (non-hydrogen) atoms.